The first kappa shape index (κ1) is 18.2. The van der Waals surface area contributed by atoms with Crippen molar-refractivity contribution < 1.29 is 19.2 Å². The fraction of sp³-hybridized carbons (Fsp3) is 0.375. The highest BCUT2D eigenvalue weighted by atomic mass is 16.6. The molecule has 1 aromatic carbocycles. The average molecular weight is 348 g/mol. The number of rotatable bonds is 8. The lowest BCUT2D eigenvalue weighted by Gasteiger charge is -2.10. The first-order chi connectivity index (χ1) is 11.9. The fourth-order valence-electron chi connectivity index (χ4n) is 2.32. The van der Waals surface area contributed by atoms with Gasteiger partial charge < -0.3 is 24.9 Å². The van der Waals surface area contributed by atoms with Gasteiger partial charge in [0, 0.05) is 6.54 Å². The molecule has 1 heterocycles. The number of nitro groups is 1. The standard InChI is InChI=1S/C16H20N4O5/c1-11-8-15(20(22)23)18-19(11)10-16(21)17-7-6-12-4-5-13(24-2)14(9-12)25-3/h4-5,8-9H,6-7,10H2,1-3H3,(H,17,21). The predicted molar refractivity (Wildman–Crippen MR) is 89.9 cm³/mol. The minimum atomic E-state index is -0.585. The largest absolute Gasteiger partial charge is 0.493 e. The predicted octanol–water partition coefficient (Wildman–Crippen LogP) is 1.48. The van der Waals surface area contributed by atoms with E-state index in [1.165, 1.54) is 10.7 Å². The summed E-state index contributed by atoms with van der Waals surface area (Å²) in [6.07, 6.45) is 0.615. The van der Waals surface area contributed by atoms with Crippen LogP contribution in [-0.2, 0) is 17.8 Å². The molecule has 25 heavy (non-hydrogen) atoms. The van der Waals surface area contributed by atoms with E-state index in [0.717, 1.165) is 5.56 Å². The first-order valence-corrected chi connectivity index (χ1v) is 7.61. The number of aromatic nitrogens is 2. The molecular formula is C16H20N4O5. The summed E-state index contributed by atoms with van der Waals surface area (Å²) >= 11 is 0. The summed E-state index contributed by atoms with van der Waals surface area (Å²) in [7, 11) is 3.13. The topological polar surface area (TPSA) is 109 Å². The summed E-state index contributed by atoms with van der Waals surface area (Å²) in [5.41, 5.74) is 1.55. The van der Waals surface area contributed by atoms with Gasteiger partial charge in [0.1, 0.15) is 6.54 Å². The highest BCUT2D eigenvalue weighted by Gasteiger charge is 2.17. The van der Waals surface area contributed by atoms with Crippen molar-refractivity contribution in [3.63, 3.8) is 0 Å². The number of amides is 1. The number of benzene rings is 1. The van der Waals surface area contributed by atoms with Crippen LogP contribution in [0.5, 0.6) is 11.5 Å². The summed E-state index contributed by atoms with van der Waals surface area (Å²) in [6, 6.07) is 6.89. The Labute approximate surface area is 144 Å². The molecule has 1 N–H and O–H groups in total. The van der Waals surface area contributed by atoms with Crippen LogP contribution in [0.1, 0.15) is 11.3 Å². The van der Waals surface area contributed by atoms with Gasteiger partial charge in [-0.15, -0.1) is 0 Å². The van der Waals surface area contributed by atoms with Crippen molar-refractivity contribution in [1.82, 2.24) is 15.1 Å². The van der Waals surface area contributed by atoms with Gasteiger partial charge in [0.05, 0.1) is 31.1 Å². The number of ether oxygens (including phenoxy) is 2. The minimum absolute atomic E-state index is 0.0639. The molecule has 0 fully saturated rings. The van der Waals surface area contributed by atoms with Gasteiger partial charge in [0.2, 0.25) is 5.91 Å². The quantitative estimate of drug-likeness (QED) is 0.572. The second-order valence-corrected chi connectivity index (χ2v) is 5.35. The van der Waals surface area contributed by atoms with E-state index < -0.39 is 4.92 Å². The monoisotopic (exact) mass is 348 g/mol. The molecule has 0 aliphatic rings. The number of nitrogens with zero attached hydrogens (tertiary/aromatic N) is 3. The molecule has 0 saturated heterocycles. The minimum Gasteiger partial charge on any atom is -0.493 e. The van der Waals surface area contributed by atoms with Crippen LogP contribution in [0.25, 0.3) is 0 Å². The summed E-state index contributed by atoms with van der Waals surface area (Å²) in [5, 5.41) is 17.2. The Hall–Kier alpha value is -3.10. The number of hydrogen-bond acceptors (Lipinski definition) is 6. The Morgan fingerprint density at radius 1 is 1.28 bits per heavy atom. The first-order valence-electron chi connectivity index (χ1n) is 7.61. The van der Waals surface area contributed by atoms with E-state index in [1.54, 1.807) is 21.1 Å². The molecule has 1 aromatic heterocycles. The Morgan fingerprint density at radius 2 is 2.00 bits per heavy atom. The van der Waals surface area contributed by atoms with E-state index in [0.29, 0.717) is 30.2 Å². The van der Waals surface area contributed by atoms with Crippen LogP contribution >= 0.6 is 0 Å². The van der Waals surface area contributed by atoms with Crippen LogP contribution < -0.4 is 14.8 Å². The average Bonchev–Trinajstić information content (AvgIpc) is 2.95. The Bertz CT molecular complexity index is 772. The van der Waals surface area contributed by atoms with Crippen molar-refractivity contribution in [3.8, 4) is 11.5 Å². The number of carbonyl (C=O) groups is 1. The normalized spacial score (nSPS) is 10.4. The molecular weight excluding hydrogens is 328 g/mol. The van der Waals surface area contributed by atoms with Gasteiger partial charge in [-0.2, -0.15) is 4.68 Å². The SMILES string of the molecule is COc1ccc(CCNC(=O)Cn2nc([N+](=O)[O-])cc2C)cc1OC. The zero-order valence-corrected chi connectivity index (χ0v) is 14.3. The lowest BCUT2D eigenvalue weighted by atomic mass is 10.1. The number of hydrogen-bond donors (Lipinski definition) is 1. The van der Waals surface area contributed by atoms with E-state index in [1.807, 2.05) is 18.2 Å². The van der Waals surface area contributed by atoms with E-state index in [9.17, 15) is 14.9 Å². The van der Waals surface area contributed by atoms with Crippen molar-refractivity contribution in [2.45, 2.75) is 19.9 Å². The van der Waals surface area contributed by atoms with E-state index in [-0.39, 0.29) is 18.3 Å². The molecule has 2 aromatic rings. The Balaban J connectivity index is 1.87. The zero-order chi connectivity index (χ0) is 18.4. The smallest absolute Gasteiger partial charge is 0.390 e. The Kier molecular flexibility index (Phi) is 5.93. The second kappa shape index (κ2) is 8.13. The van der Waals surface area contributed by atoms with Gasteiger partial charge in [-0.25, -0.2) is 0 Å². The summed E-state index contributed by atoms with van der Waals surface area (Å²) in [4.78, 5) is 22.1. The molecule has 2 rings (SSSR count). The summed E-state index contributed by atoms with van der Waals surface area (Å²) in [5.74, 6) is 0.744. The molecule has 0 radical (unpaired) electrons. The molecule has 134 valence electrons. The molecule has 0 bridgehead atoms. The molecule has 0 spiro atoms. The van der Waals surface area contributed by atoms with Crippen LogP contribution in [0.2, 0.25) is 0 Å². The van der Waals surface area contributed by atoms with Crippen LogP contribution in [-0.4, -0.2) is 41.4 Å². The lowest BCUT2D eigenvalue weighted by Crippen LogP contribution is -2.30. The highest BCUT2D eigenvalue weighted by molar-refractivity contribution is 5.75. The van der Waals surface area contributed by atoms with Crippen molar-refractivity contribution in [1.29, 1.82) is 0 Å². The van der Waals surface area contributed by atoms with E-state index >= 15 is 0 Å². The highest BCUT2D eigenvalue weighted by Crippen LogP contribution is 2.27. The van der Waals surface area contributed by atoms with Gasteiger partial charge >= 0.3 is 5.82 Å². The zero-order valence-electron chi connectivity index (χ0n) is 14.3. The number of aryl methyl sites for hydroxylation is 1. The van der Waals surface area contributed by atoms with Crippen LogP contribution in [0, 0.1) is 17.0 Å². The number of nitrogens with one attached hydrogen (secondary N) is 1. The molecule has 0 saturated carbocycles. The van der Waals surface area contributed by atoms with Crippen molar-refractivity contribution in [2.75, 3.05) is 20.8 Å². The van der Waals surface area contributed by atoms with Crippen molar-refractivity contribution in [2.24, 2.45) is 0 Å². The van der Waals surface area contributed by atoms with Crippen LogP contribution in [0.3, 0.4) is 0 Å². The molecule has 0 aliphatic carbocycles. The third kappa shape index (κ3) is 4.69. The van der Waals surface area contributed by atoms with E-state index in [2.05, 4.69) is 10.4 Å². The maximum absolute atomic E-state index is 12.0. The molecule has 0 atom stereocenters. The molecule has 0 aliphatic heterocycles. The third-order valence-electron chi connectivity index (χ3n) is 3.63. The lowest BCUT2D eigenvalue weighted by molar-refractivity contribution is -0.389. The van der Waals surface area contributed by atoms with Crippen LogP contribution in [0.4, 0.5) is 5.82 Å². The number of carbonyl (C=O) groups excluding carboxylic acids is 1. The van der Waals surface area contributed by atoms with Gasteiger partial charge in [0.15, 0.2) is 11.5 Å². The molecule has 9 heteroatoms. The Morgan fingerprint density at radius 3 is 2.60 bits per heavy atom. The van der Waals surface area contributed by atoms with Gasteiger partial charge in [-0.05, 0) is 36.0 Å². The second-order valence-electron chi connectivity index (χ2n) is 5.35. The molecule has 0 unspecified atom stereocenters. The fourth-order valence-corrected chi connectivity index (χ4v) is 2.32. The third-order valence-corrected chi connectivity index (χ3v) is 3.63. The van der Waals surface area contributed by atoms with Crippen LogP contribution in [0.15, 0.2) is 24.3 Å². The van der Waals surface area contributed by atoms with Crippen molar-refractivity contribution in [3.05, 3.63) is 45.6 Å². The van der Waals surface area contributed by atoms with Gasteiger partial charge in [0.25, 0.3) is 0 Å². The van der Waals surface area contributed by atoms with E-state index in [4.69, 9.17) is 9.47 Å². The summed E-state index contributed by atoms with van der Waals surface area (Å²) in [6.45, 7) is 2.03. The van der Waals surface area contributed by atoms with Crippen molar-refractivity contribution >= 4 is 11.7 Å². The summed E-state index contributed by atoms with van der Waals surface area (Å²) < 4.78 is 11.7. The molecule has 9 nitrogen and oxygen atoms in total. The van der Waals surface area contributed by atoms with Gasteiger partial charge in [-0.1, -0.05) is 6.07 Å². The maximum Gasteiger partial charge on any atom is 0.390 e. The van der Waals surface area contributed by atoms with Gasteiger partial charge in [-0.3, -0.25) is 4.79 Å². The number of methoxy groups -OCH3 is 2. The maximum atomic E-state index is 12.0. The molecule has 1 amide bonds.